The number of aromatic nitrogens is 2. The third kappa shape index (κ3) is 5.77. The Labute approximate surface area is 138 Å². The zero-order valence-corrected chi connectivity index (χ0v) is 13.6. The standard InChI is InChI=1S/C16H22N4O.C2H4/c17-13-5-4-6-14(11-13)18-10-3-1-2-7-15-19-16(20-21-15)12-8-9-12;1-2/h4-6,11-12,18H,1-3,7-10,17H2;1-2H2. The molecule has 2 aromatic rings. The van der Waals surface area contributed by atoms with Gasteiger partial charge in [0.1, 0.15) is 0 Å². The van der Waals surface area contributed by atoms with Gasteiger partial charge >= 0.3 is 0 Å². The first-order chi connectivity index (χ1) is 11.3. The lowest BCUT2D eigenvalue weighted by Gasteiger charge is -2.06. The summed E-state index contributed by atoms with van der Waals surface area (Å²) in [7, 11) is 0. The highest BCUT2D eigenvalue weighted by molar-refractivity contribution is 5.53. The molecule has 0 bridgehead atoms. The molecule has 1 heterocycles. The van der Waals surface area contributed by atoms with Crippen LogP contribution in [-0.4, -0.2) is 16.7 Å². The molecule has 1 aromatic carbocycles. The molecule has 1 aliphatic rings. The van der Waals surface area contributed by atoms with Gasteiger partial charge in [0.15, 0.2) is 5.82 Å². The maximum Gasteiger partial charge on any atom is 0.226 e. The zero-order valence-electron chi connectivity index (χ0n) is 13.6. The largest absolute Gasteiger partial charge is 0.399 e. The van der Waals surface area contributed by atoms with Crippen LogP contribution in [0.15, 0.2) is 41.9 Å². The topological polar surface area (TPSA) is 77.0 Å². The van der Waals surface area contributed by atoms with E-state index in [-0.39, 0.29) is 0 Å². The molecular weight excluding hydrogens is 288 g/mol. The molecule has 5 nitrogen and oxygen atoms in total. The minimum atomic E-state index is 0.574. The minimum Gasteiger partial charge on any atom is -0.399 e. The number of unbranched alkanes of at least 4 members (excludes halogenated alkanes) is 2. The van der Waals surface area contributed by atoms with Crippen molar-refractivity contribution in [3.8, 4) is 0 Å². The van der Waals surface area contributed by atoms with Gasteiger partial charge in [-0.25, -0.2) is 0 Å². The van der Waals surface area contributed by atoms with Crippen molar-refractivity contribution in [3.63, 3.8) is 0 Å². The lowest BCUT2D eigenvalue weighted by molar-refractivity contribution is 0.369. The smallest absolute Gasteiger partial charge is 0.226 e. The van der Waals surface area contributed by atoms with E-state index in [0.29, 0.717) is 5.92 Å². The molecule has 3 rings (SSSR count). The SMILES string of the molecule is C=C.Nc1cccc(NCCCCCc2nc(C3CC3)no2)c1. The molecule has 0 aliphatic heterocycles. The second-order valence-electron chi connectivity index (χ2n) is 5.68. The number of nitrogens with two attached hydrogens (primary N) is 1. The molecule has 5 heteroatoms. The van der Waals surface area contributed by atoms with Crippen molar-refractivity contribution >= 4 is 11.4 Å². The first kappa shape index (κ1) is 17.1. The van der Waals surface area contributed by atoms with Crippen LogP contribution in [0.4, 0.5) is 11.4 Å². The van der Waals surface area contributed by atoms with E-state index in [4.69, 9.17) is 10.3 Å². The Hall–Kier alpha value is -2.30. The lowest BCUT2D eigenvalue weighted by Crippen LogP contribution is -2.02. The van der Waals surface area contributed by atoms with Gasteiger partial charge < -0.3 is 15.6 Å². The summed E-state index contributed by atoms with van der Waals surface area (Å²) in [6, 6.07) is 7.85. The summed E-state index contributed by atoms with van der Waals surface area (Å²) in [4.78, 5) is 4.44. The number of benzene rings is 1. The van der Waals surface area contributed by atoms with E-state index >= 15 is 0 Å². The maximum atomic E-state index is 5.74. The van der Waals surface area contributed by atoms with E-state index < -0.39 is 0 Å². The Morgan fingerprint density at radius 3 is 2.78 bits per heavy atom. The first-order valence-corrected chi connectivity index (χ1v) is 8.23. The number of nitrogen functional groups attached to an aromatic ring is 1. The third-order valence-electron chi connectivity index (χ3n) is 3.71. The van der Waals surface area contributed by atoms with Crippen LogP contribution in [0.25, 0.3) is 0 Å². The van der Waals surface area contributed by atoms with Crippen molar-refractivity contribution in [2.24, 2.45) is 0 Å². The Morgan fingerprint density at radius 2 is 2.04 bits per heavy atom. The molecule has 3 N–H and O–H groups in total. The number of nitrogens with zero attached hydrogens (tertiary/aromatic N) is 2. The van der Waals surface area contributed by atoms with Crippen molar-refractivity contribution < 1.29 is 4.52 Å². The number of anilines is 2. The second-order valence-corrected chi connectivity index (χ2v) is 5.68. The van der Waals surface area contributed by atoms with Crippen LogP contribution in [0, 0.1) is 0 Å². The fraction of sp³-hybridized carbons (Fsp3) is 0.444. The third-order valence-corrected chi connectivity index (χ3v) is 3.71. The number of nitrogens with one attached hydrogen (secondary N) is 1. The van der Waals surface area contributed by atoms with E-state index in [2.05, 4.69) is 28.6 Å². The number of rotatable bonds is 8. The van der Waals surface area contributed by atoms with Gasteiger partial charge in [0.25, 0.3) is 0 Å². The fourth-order valence-electron chi connectivity index (χ4n) is 2.34. The lowest BCUT2D eigenvalue weighted by atomic mass is 10.2. The van der Waals surface area contributed by atoms with Crippen LogP contribution in [0.1, 0.15) is 49.7 Å². The van der Waals surface area contributed by atoms with Gasteiger partial charge in [-0.2, -0.15) is 4.98 Å². The average Bonchev–Trinajstić information content (AvgIpc) is 3.32. The highest BCUT2D eigenvalue weighted by Gasteiger charge is 2.28. The van der Waals surface area contributed by atoms with E-state index in [1.165, 1.54) is 12.8 Å². The molecule has 0 atom stereocenters. The maximum absolute atomic E-state index is 5.74. The fourth-order valence-corrected chi connectivity index (χ4v) is 2.34. The summed E-state index contributed by atoms with van der Waals surface area (Å²) < 4.78 is 5.26. The molecule has 0 amide bonds. The summed E-state index contributed by atoms with van der Waals surface area (Å²) in [5, 5.41) is 7.41. The van der Waals surface area contributed by atoms with Crippen LogP contribution in [0.5, 0.6) is 0 Å². The Balaban J connectivity index is 0.000000924. The van der Waals surface area contributed by atoms with Gasteiger partial charge in [0.05, 0.1) is 0 Å². The van der Waals surface area contributed by atoms with Gasteiger partial charge in [0, 0.05) is 30.3 Å². The van der Waals surface area contributed by atoms with Gasteiger partial charge in [-0.1, -0.05) is 17.6 Å². The first-order valence-electron chi connectivity index (χ1n) is 8.23. The van der Waals surface area contributed by atoms with E-state index in [0.717, 1.165) is 55.3 Å². The van der Waals surface area contributed by atoms with Crippen molar-refractivity contribution in [3.05, 3.63) is 49.1 Å². The monoisotopic (exact) mass is 314 g/mol. The van der Waals surface area contributed by atoms with Crippen LogP contribution in [0.3, 0.4) is 0 Å². The number of hydrogen-bond donors (Lipinski definition) is 2. The molecule has 0 unspecified atom stereocenters. The van der Waals surface area contributed by atoms with Crippen LogP contribution < -0.4 is 11.1 Å². The van der Waals surface area contributed by atoms with Crippen molar-refractivity contribution in [2.45, 2.75) is 44.4 Å². The Kier molecular flexibility index (Phi) is 6.66. The van der Waals surface area contributed by atoms with Crippen LogP contribution >= 0.6 is 0 Å². The molecule has 1 fully saturated rings. The van der Waals surface area contributed by atoms with Crippen molar-refractivity contribution in [1.82, 2.24) is 10.1 Å². The molecule has 1 aliphatic carbocycles. The summed E-state index contributed by atoms with van der Waals surface area (Å²) in [6.07, 6.45) is 6.68. The zero-order chi connectivity index (χ0) is 16.5. The van der Waals surface area contributed by atoms with Gasteiger partial charge in [0.2, 0.25) is 5.89 Å². The summed E-state index contributed by atoms with van der Waals surface area (Å²) in [5.41, 5.74) is 7.62. The second kappa shape index (κ2) is 8.98. The van der Waals surface area contributed by atoms with E-state index in [1.807, 2.05) is 24.3 Å². The molecule has 0 spiro atoms. The predicted molar refractivity (Wildman–Crippen MR) is 94.4 cm³/mol. The molecule has 124 valence electrons. The number of hydrogen-bond acceptors (Lipinski definition) is 5. The highest BCUT2D eigenvalue weighted by Crippen LogP contribution is 2.38. The highest BCUT2D eigenvalue weighted by atomic mass is 16.5. The van der Waals surface area contributed by atoms with Gasteiger partial charge in [-0.3, -0.25) is 0 Å². The Bertz CT molecular complexity index is 592. The molecule has 0 radical (unpaired) electrons. The van der Waals surface area contributed by atoms with Crippen molar-refractivity contribution in [2.75, 3.05) is 17.6 Å². The van der Waals surface area contributed by atoms with Gasteiger partial charge in [-0.05, 0) is 43.9 Å². The minimum absolute atomic E-state index is 0.574. The van der Waals surface area contributed by atoms with E-state index in [9.17, 15) is 0 Å². The summed E-state index contributed by atoms with van der Waals surface area (Å²) in [6.45, 7) is 6.96. The molecular formula is C18H26N4O. The quantitative estimate of drug-likeness (QED) is 0.435. The molecule has 1 saturated carbocycles. The van der Waals surface area contributed by atoms with Crippen molar-refractivity contribution in [1.29, 1.82) is 0 Å². The van der Waals surface area contributed by atoms with E-state index in [1.54, 1.807) is 0 Å². The number of aryl methyl sites for hydroxylation is 1. The molecule has 23 heavy (non-hydrogen) atoms. The summed E-state index contributed by atoms with van der Waals surface area (Å²) >= 11 is 0. The van der Waals surface area contributed by atoms with Crippen LogP contribution in [0.2, 0.25) is 0 Å². The summed E-state index contributed by atoms with van der Waals surface area (Å²) in [5.74, 6) is 2.28. The van der Waals surface area contributed by atoms with Crippen LogP contribution in [-0.2, 0) is 6.42 Å². The predicted octanol–water partition coefficient (Wildman–Crippen LogP) is 4.16. The van der Waals surface area contributed by atoms with Gasteiger partial charge in [-0.15, -0.1) is 13.2 Å². The Morgan fingerprint density at radius 1 is 1.22 bits per heavy atom. The normalized spacial score (nSPS) is 13.2. The molecule has 0 saturated heterocycles. The average molecular weight is 314 g/mol. The molecule has 1 aromatic heterocycles.